The topological polar surface area (TPSA) is 56.7 Å². The molecule has 2 aromatic heterocycles. The van der Waals surface area contributed by atoms with E-state index in [1.807, 2.05) is 24.5 Å². The zero-order valence-electron chi connectivity index (χ0n) is 10.6. The quantitative estimate of drug-likeness (QED) is 0.874. The number of aromatic nitrogens is 3. The lowest BCUT2D eigenvalue weighted by Crippen LogP contribution is -2.20. The van der Waals surface area contributed by atoms with Crippen LogP contribution in [0.2, 0.25) is 0 Å². The first kappa shape index (κ1) is 11.4. The summed E-state index contributed by atoms with van der Waals surface area (Å²) in [6.45, 7) is 0.711. The maximum absolute atomic E-state index is 5.88. The maximum atomic E-state index is 5.88. The van der Waals surface area contributed by atoms with Crippen LogP contribution in [0.25, 0.3) is 11.4 Å². The van der Waals surface area contributed by atoms with Crippen molar-refractivity contribution >= 4 is 0 Å². The predicted molar refractivity (Wildman–Crippen MR) is 71.2 cm³/mol. The van der Waals surface area contributed by atoms with Crippen LogP contribution in [-0.4, -0.2) is 21.1 Å². The fourth-order valence-electron chi connectivity index (χ4n) is 2.90. The summed E-state index contributed by atoms with van der Waals surface area (Å²) in [6, 6.07) is 4.01. The van der Waals surface area contributed by atoms with Gasteiger partial charge < -0.3 is 10.3 Å². The molecule has 2 N–H and O–H groups in total. The molecule has 0 bridgehead atoms. The average Bonchev–Trinajstić information content (AvgIpc) is 2.77. The summed E-state index contributed by atoms with van der Waals surface area (Å²) in [6.07, 6.45) is 7.07. The van der Waals surface area contributed by atoms with Gasteiger partial charge in [-0.1, -0.05) is 0 Å². The Morgan fingerprint density at radius 1 is 1.39 bits per heavy atom. The minimum atomic E-state index is 0.460. The third-order valence-corrected chi connectivity index (χ3v) is 3.79. The third kappa shape index (κ3) is 1.73. The molecule has 0 saturated carbocycles. The van der Waals surface area contributed by atoms with Gasteiger partial charge >= 0.3 is 0 Å². The maximum Gasteiger partial charge on any atom is 0.140 e. The van der Waals surface area contributed by atoms with E-state index in [2.05, 4.69) is 16.6 Å². The predicted octanol–water partition coefficient (Wildman–Crippen LogP) is 1.86. The highest BCUT2D eigenvalue weighted by molar-refractivity contribution is 5.56. The van der Waals surface area contributed by atoms with Crippen LogP contribution in [0.4, 0.5) is 0 Å². The number of nitrogens with zero attached hydrogens (tertiary/aromatic N) is 3. The summed E-state index contributed by atoms with van der Waals surface area (Å²) in [5, 5.41) is 0. The number of rotatable bonds is 2. The number of fused-ring (bicyclic) bond motifs is 1. The Bertz CT molecular complexity index is 544. The molecule has 3 rings (SSSR count). The van der Waals surface area contributed by atoms with Crippen molar-refractivity contribution in [2.75, 3.05) is 6.54 Å². The van der Waals surface area contributed by atoms with Crippen LogP contribution in [0.1, 0.15) is 30.1 Å². The van der Waals surface area contributed by atoms with E-state index in [1.165, 1.54) is 24.2 Å². The molecule has 0 fully saturated rings. The highest BCUT2D eigenvalue weighted by Gasteiger charge is 2.25. The van der Waals surface area contributed by atoms with Gasteiger partial charge in [0.2, 0.25) is 0 Å². The monoisotopic (exact) mass is 242 g/mol. The number of nitrogens with two attached hydrogens (primary N) is 1. The number of aryl methyl sites for hydroxylation is 1. The van der Waals surface area contributed by atoms with Crippen molar-refractivity contribution in [3.63, 3.8) is 0 Å². The lowest BCUT2D eigenvalue weighted by Gasteiger charge is -2.21. The van der Waals surface area contributed by atoms with E-state index in [0.717, 1.165) is 17.8 Å². The van der Waals surface area contributed by atoms with Gasteiger partial charge in [0.25, 0.3) is 0 Å². The molecule has 0 amide bonds. The largest absolute Gasteiger partial charge is 0.331 e. The molecule has 1 atom stereocenters. The molecule has 0 saturated heterocycles. The molecular weight excluding hydrogens is 224 g/mol. The van der Waals surface area contributed by atoms with Crippen molar-refractivity contribution in [3.8, 4) is 11.4 Å². The first-order chi connectivity index (χ1) is 8.81. The number of pyridine rings is 1. The summed E-state index contributed by atoms with van der Waals surface area (Å²) < 4.78 is 2.21. The minimum Gasteiger partial charge on any atom is -0.331 e. The summed E-state index contributed by atoms with van der Waals surface area (Å²) in [5.41, 5.74) is 9.56. The fourth-order valence-corrected chi connectivity index (χ4v) is 2.90. The van der Waals surface area contributed by atoms with Crippen molar-refractivity contribution in [1.29, 1.82) is 0 Å². The van der Waals surface area contributed by atoms with Gasteiger partial charge in [-0.2, -0.15) is 0 Å². The zero-order chi connectivity index (χ0) is 12.5. The van der Waals surface area contributed by atoms with E-state index in [9.17, 15) is 0 Å². The molecule has 1 unspecified atom stereocenters. The number of imidazole rings is 1. The summed E-state index contributed by atoms with van der Waals surface area (Å²) in [4.78, 5) is 8.85. The Hall–Kier alpha value is -1.68. The van der Waals surface area contributed by atoms with Crippen molar-refractivity contribution < 1.29 is 0 Å². The first-order valence-electron chi connectivity index (χ1n) is 6.47. The molecule has 1 aliphatic carbocycles. The normalized spacial score (nSPS) is 18.7. The van der Waals surface area contributed by atoms with E-state index in [4.69, 9.17) is 10.7 Å². The van der Waals surface area contributed by atoms with Gasteiger partial charge in [0, 0.05) is 43.2 Å². The first-order valence-corrected chi connectivity index (χ1v) is 6.47. The number of hydrogen-bond acceptors (Lipinski definition) is 3. The molecule has 0 radical (unpaired) electrons. The molecular formula is C14H18N4. The van der Waals surface area contributed by atoms with Crippen LogP contribution >= 0.6 is 0 Å². The lowest BCUT2D eigenvalue weighted by molar-refractivity contribution is 0.529. The second-order valence-corrected chi connectivity index (χ2v) is 4.89. The van der Waals surface area contributed by atoms with Crippen molar-refractivity contribution in [2.45, 2.75) is 25.2 Å². The van der Waals surface area contributed by atoms with E-state index < -0.39 is 0 Å². The smallest absolute Gasteiger partial charge is 0.140 e. The van der Waals surface area contributed by atoms with Crippen molar-refractivity contribution in [3.05, 3.63) is 35.9 Å². The summed E-state index contributed by atoms with van der Waals surface area (Å²) >= 11 is 0. The average molecular weight is 242 g/mol. The molecule has 94 valence electrons. The molecule has 0 aromatic carbocycles. The van der Waals surface area contributed by atoms with Crippen LogP contribution in [0.5, 0.6) is 0 Å². The standard InChI is InChI=1S/C14H18N4/c1-18-13-11(9-15)3-2-4-12(13)17-14(18)10-5-7-16-8-6-10/h5-8,11H,2-4,9,15H2,1H3. The van der Waals surface area contributed by atoms with Crippen LogP contribution < -0.4 is 5.73 Å². The molecule has 4 heteroatoms. The molecule has 0 aliphatic heterocycles. The molecule has 2 aromatic rings. The van der Waals surface area contributed by atoms with Gasteiger partial charge in [-0.15, -0.1) is 0 Å². The summed E-state index contributed by atoms with van der Waals surface area (Å²) in [5.74, 6) is 1.49. The Morgan fingerprint density at radius 3 is 2.89 bits per heavy atom. The van der Waals surface area contributed by atoms with E-state index in [1.54, 1.807) is 0 Å². The Kier molecular flexibility index (Phi) is 2.88. The van der Waals surface area contributed by atoms with E-state index in [-0.39, 0.29) is 0 Å². The van der Waals surface area contributed by atoms with Gasteiger partial charge in [-0.05, 0) is 31.4 Å². The molecule has 1 aliphatic rings. The Labute approximate surface area is 107 Å². The van der Waals surface area contributed by atoms with Crippen LogP contribution in [0.3, 0.4) is 0 Å². The van der Waals surface area contributed by atoms with Gasteiger partial charge in [0.1, 0.15) is 5.82 Å². The fraction of sp³-hybridized carbons (Fsp3) is 0.429. The van der Waals surface area contributed by atoms with E-state index in [0.29, 0.717) is 12.5 Å². The number of hydrogen-bond donors (Lipinski definition) is 1. The summed E-state index contributed by atoms with van der Waals surface area (Å²) in [7, 11) is 2.09. The molecule has 4 nitrogen and oxygen atoms in total. The highest BCUT2D eigenvalue weighted by Crippen LogP contribution is 2.33. The Morgan fingerprint density at radius 2 is 2.17 bits per heavy atom. The van der Waals surface area contributed by atoms with E-state index >= 15 is 0 Å². The lowest BCUT2D eigenvalue weighted by atomic mass is 9.90. The zero-order valence-corrected chi connectivity index (χ0v) is 10.6. The van der Waals surface area contributed by atoms with Crippen LogP contribution in [0, 0.1) is 0 Å². The molecule has 0 spiro atoms. The third-order valence-electron chi connectivity index (χ3n) is 3.79. The second-order valence-electron chi connectivity index (χ2n) is 4.89. The minimum absolute atomic E-state index is 0.460. The van der Waals surface area contributed by atoms with Gasteiger partial charge in [-0.25, -0.2) is 4.98 Å². The second kappa shape index (κ2) is 4.53. The SMILES string of the molecule is Cn1c(-c2ccncc2)nc2c1C(CN)CCC2. The van der Waals surface area contributed by atoms with Crippen molar-refractivity contribution in [1.82, 2.24) is 14.5 Å². The molecule has 2 heterocycles. The van der Waals surface area contributed by atoms with Crippen molar-refractivity contribution in [2.24, 2.45) is 12.8 Å². The highest BCUT2D eigenvalue weighted by atomic mass is 15.1. The van der Waals surface area contributed by atoms with Crippen LogP contribution in [0.15, 0.2) is 24.5 Å². The van der Waals surface area contributed by atoms with Gasteiger partial charge in [0.15, 0.2) is 0 Å². The Balaban J connectivity index is 2.11. The van der Waals surface area contributed by atoms with Gasteiger partial charge in [0.05, 0.1) is 5.69 Å². The molecule has 18 heavy (non-hydrogen) atoms. The van der Waals surface area contributed by atoms with Crippen LogP contribution in [-0.2, 0) is 13.5 Å². The van der Waals surface area contributed by atoms with Gasteiger partial charge in [-0.3, -0.25) is 4.98 Å².